The molecule has 0 atom stereocenters. The van der Waals surface area contributed by atoms with Gasteiger partial charge in [0, 0.05) is 25.0 Å². The van der Waals surface area contributed by atoms with Crippen LogP contribution >= 0.6 is 0 Å². The van der Waals surface area contributed by atoms with Crippen molar-refractivity contribution >= 4 is 15.9 Å². The predicted octanol–water partition coefficient (Wildman–Crippen LogP) is 1.38. The summed E-state index contributed by atoms with van der Waals surface area (Å²) < 4.78 is 27.0. The highest BCUT2D eigenvalue weighted by molar-refractivity contribution is 7.89. The van der Waals surface area contributed by atoms with Crippen LogP contribution in [0.5, 0.6) is 0 Å². The molecule has 25 heavy (non-hydrogen) atoms. The number of hydrogen-bond acceptors (Lipinski definition) is 4. The second kappa shape index (κ2) is 7.05. The predicted molar refractivity (Wildman–Crippen MR) is 96.6 cm³/mol. The Hall–Kier alpha value is -1.44. The molecule has 2 heterocycles. The first-order valence-electron chi connectivity index (χ1n) is 8.92. The third kappa shape index (κ3) is 3.73. The second-order valence-electron chi connectivity index (χ2n) is 7.41. The van der Waals surface area contributed by atoms with Crippen molar-refractivity contribution < 1.29 is 13.2 Å². The molecule has 0 unspecified atom stereocenters. The van der Waals surface area contributed by atoms with Crippen molar-refractivity contribution in [2.24, 2.45) is 11.7 Å². The summed E-state index contributed by atoms with van der Waals surface area (Å²) in [5, 5.41) is 0. The van der Waals surface area contributed by atoms with Crippen LogP contribution in [0.25, 0.3) is 0 Å². The van der Waals surface area contributed by atoms with Crippen molar-refractivity contribution in [3.63, 3.8) is 0 Å². The first-order valence-corrected chi connectivity index (χ1v) is 10.4. The number of piperidine rings is 1. The van der Waals surface area contributed by atoms with Gasteiger partial charge >= 0.3 is 0 Å². The van der Waals surface area contributed by atoms with Gasteiger partial charge in [-0.1, -0.05) is 26.0 Å². The Kier molecular flexibility index (Phi) is 5.18. The lowest BCUT2D eigenvalue weighted by atomic mass is 9.94. The zero-order valence-electron chi connectivity index (χ0n) is 14.9. The molecule has 2 aliphatic rings. The zero-order valence-corrected chi connectivity index (χ0v) is 15.7. The number of rotatable bonds is 5. The molecule has 1 aromatic rings. The summed E-state index contributed by atoms with van der Waals surface area (Å²) in [5.41, 5.74) is 6.50. The van der Waals surface area contributed by atoms with E-state index in [1.165, 1.54) is 0 Å². The Morgan fingerprint density at radius 2 is 1.68 bits per heavy atom. The Bertz CT molecular complexity index is 716. The van der Waals surface area contributed by atoms with Crippen LogP contribution < -0.4 is 5.73 Å². The second-order valence-corrected chi connectivity index (χ2v) is 9.35. The molecule has 1 aromatic carbocycles. The molecule has 2 N–H and O–H groups in total. The molecule has 0 aromatic heterocycles. The van der Waals surface area contributed by atoms with Crippen molar-refractivity contribution in [2.75, 3.05) is 26.2 Å². The fourth-order valence-electron chi connectivity index (χ4n) is 3.57. The van der Waals surface area contributed by atoms with Crippen LogP contribution in [0, 0.1) is 5.92 Å². The molecule has 0 saturated carbocycles. The molecular weight excluding hydrogens is 338 g/mol. The summed E-state index contributed by atoms with van der Waals surface area (Å²) >= 11 is 0. The van der Waals surface area contributed by atoms with Gasteiger partial charge in [-0.3, -0.25) is 9.69 Å². The third-order valence-electron chi connectivity index (χ3n) is 5.46. The highest BCUT2D eigenvalue weighted by Crippen LogP contribution is 2.28. The molecule has 6 nitrogen and oxygen atoms in total. The molecule has 1 amide bonds. The summed E-state index contributed by atoms with van der Waals surface area (Å²) in [6.45, 7) is 6.85. The van der Waals surface area contributed by atoms with Gasteiger partial charge in [-0.05, 0) is 49.5 Å². The highest BCUT2D eigenvalue weighted by Gasteiger charge is 2.40. The van der Waals surface area contributed by atoms with E-state index in [0.29, 0.717) is 23.9 Å². The van der Waals surface area contributed by atoms with E-state index in [0.717, 1.165) is 31.5 Å². The average Bonchev–Trinajstić information content (AvgIpc) is 2.53. The Balaban J connectivity index is 1.57. The molecule has 0 bridgehead atoms. The minimum absolute atomic E-state index is 0.0318. The summed E-state index contributed by atoms with van der Waals surface area (Å²) in [5.74, 6) is 0.131. The maximum atomic E-state index is 12.7. The Labute approximate surface area is 150 Å². The van der Waals surface area contributed by atoms with Crippen LogP contribution in [0.15, 0.2) is 29.2 Å². The van der Waals surface area contributed by atoms with Crippen LogP contribution in [0.2, 0.25) is 0 Å². The van der Waals surface area contributed by atoms with Crippen molar-refractivity contribution in [1.82, 2.24) is 9.21 Å². The summed E-state index contributed by atoms with van der Waals surface area (Å²) in [7, 11) is -3.41. The molecule has 3 rings (SSSR count). The van der Waals surface area contributed by atoms with Gasteiger partial charge in [-0.2, -0.15) is 4.31 Å². The number of nitrogens with zero attached hydrogens (tertiary/aromatic N) is 2. The molecule has 2 fully saturated rings. The molecule has 0 radical (unpaired) electrons. The van der Waals surface area contributed by atoms with Crippen LogP contribution in [0.4, 0.5) is 0 Å². The number of primary amides is 1. The normalized spacial score (nSPS) is 21.4. The number of likely N-dealkylation sites (tertiary alicyclic amines) is 1. The number of carbonyl (C=O) groups excluding carboxylic acids is 1. The standard InChI is InChI=1S/C18H27N3O3S/c1-13(2)14-3-5-17(6-4-14)25(23,24)21-11-16(12-21)20-9-7-15(8-10-20)18(19)22/h3-6,13,15-16H,7-12H2,1-2H3,(H2,19,22). The molecule has 2 aliphatic heterocycles. The maximum Gasteiger partial charge on any atom is 0.243 e. The number of sulfonamides is 1. The summed E-state index contributed by atoms with van der Waals surface area (Å²) in [6, 6.07) is 7.44. The van der Waals surface area contributed by atoms with E-state index in [2.05, 4.69) is 18.7 Å². The highest BCUT2D eigenvalue weighted by atomic mass is 32.2. The molecule has 0 spiro atoms. The lowest BCUT2D eigenvalue weighted by Crippen LogP contribution is -2.62. The lowest BCUT2D eigenvalue weighted by molar-refractivity contribution is -0.123. The average molecular weight is 365 g/mol. The van der Waals surface area contributed by atoms with Gasteiger partial charge in [-0.25, -0.2) is 8.42 Å². The fourth-order valence-corrected chi connectivity index (χ4v) is 5.08. The number of carbonyl (C=O) groups is 1. The van der Waals surface area contributed by atoms with E-state index in [-0.39, 0.29) is 17.9 Å². The Morgan fingerprint density at radius 3 is 2.16 bits per heavy atom. The van der Waals surface area contributed by atoms with E-state index < -0.39 is 10.0 Å². The van der Waals surface area contributed by atoms with E-state index >= 15 is 0 Å². The molecule has 138 valence electrons. The van der Waals surface area contributed by atoms with Gasteiger partial charge in [0.2, 0.25) is 15.9 Å². The number of nitrogens with two attached hydrogens (primary N) is 1. The van der Waals surface area contributed by atoms with Crippen LogP contribution in [0.1, 0.15) is 38.2 Å². The summed E-state index contributed by atoms with van der Waals surface area (Å²) in [4.78, 5) is 13.9. The number of hydrogen-bond donors (Lipinski definition) is 1. The monoisotopic (exact) mass is 365 g/mol. The van der Waals surface area contributed by atoms with Gasteiger partial charge in [0.25, 0.3) is 0 Å². The van der Waals surface area contributed by atoms with Crippen LogP contribution in [0.3, 0.4) is 0 Å². The van der Waals surface area contributed by atoms with Crippen molar-refractivity contribution in [3.05, 3.63) is 29.8 Å². The number of amides is 1. The first kappa shape index (κ1) is 18.4. The quantitative estimate of drug-likeness (QED) is 0.854. The largest absolute Gasteiger partial charge is 0.369 e. The summed E-state index contributed by atoms with van der Waals surface area (Å²) in [6.07, 6.45) is 1.55. The maximum absolute atomic E-state index is 12.7. The van der Waals surface area contributed by atoms with Gasteiger partial charge in [0.1, 0.15) is 0 Å². The minimum Gasteiger partial charge on any atom is -0.369 e. The molecule has 0 aliphatic carbocycles. The van der Waals surface area contributed by atoms with Gasteiger partial charge in [0.05, 0.1) is 4.90 Å². The molecule has 7 heteroatoms. The van der Waals surface area contributed by atoms with Gasteiger partial charge in [-0.15, -0.1) is 0 Å². The van der Waals surface area contributed by atoms with Gasteiger partial charge in [0.15, 0.2) is 0 Å². The van der Waals surface area contributed by atoms with Crippen LogP contribution in [-0.4, -0.2) is 55.8 Å². The van der Waals surface area contributed by atoms with E-state index in [9.17, 15) is 13.2 Å². The van der Waals surface area contributed by atoms with Crippen molar-refractivity contribution in [2.45, 2.75) is 43.5 Å². The number of benzene rings is 1. The topological polar surface area (TPSA) is 83.7 Å². The van der Waals surface area contributed by atoms with Crippen LogP contribution in [-0.2, 0) is 14.8 Å². The van der Waals surface area contributed by atoms with E-state index in [1.807, 2.05) is 12.1 Å². The molecular formula is C18H27N3O3S. The van der Waals surface area contributed by atoms with Crippen molar-refractivity contribution in [3.8, 4) is 0 Å². The minimum atomic E-state index is -3.41. The SMILES string of the molecule is CC(C)c1ccc(S(=O)(=O)N2CC(N3CCC(C(N)=O)CC3)C2)cc1. The fraction of sp³-hybridized carbons (Fsp3) is 0.611. The molecule has 2 saturated heterocycles. The lowest BCUT2D eigenvalue weighted by Gasteiger charge is -2.46. The Morgan fingerprint density at radius 1 is 1.12 bits per heavy atom. The van der Waals surface area contributed by atoms with E-state index in [1.54, 1.807) is 16.4 Å². The zero-order chi connectivity index (χ0) is 18.2. The van der Waals surface area contributed by atoms with Crippen molar-refractivity contribution in [1.29, 1.82) is 0 Å². The first-order chi connectivity index (χ1) is 11.8. The third-order valence-corrected chi connectivity index (χ3v) is 7.31. The smallest absolute Gasteiger partial charge is 0.243 e. The van der Waals surface area contributed by atoms with Gasteiger partial charge < -0.3 is 5.73 Å². The van der Waals surface area contributed by atoms with E-state index in [4.69, 9.17) is 5.73 Å².